The molecule has 3 atom stereocenters. The second kappa shape index (κ2) is 5.13. The zero-order valence-electron chi connectivity index (χ0n) is 11.1. The number of anilines is 1. The van der Waals surface area contributed by atoms with E-state index in [0.717, 1.165) is 17.8 Å². The number of rotatable bonds is 4. The number of alkyl halides is 1. The Morgan fingerprint density at radius 1 is 1.22 bits per heavy atom. The molecule has 1 aromatic carbocycles. The molecule has 1 nitrogen and oxygen atoms in total. The van der Waals surface area contributed by atoms with Crippen LogP contribution >= 0.6 is 11.6 Å². The first-order valence-corrected chi connectivity index (χ1v) is 7.66. The van der Waals surface area contributed by atoms with Crippen LogP contribution in [0.2, 0.25) is 0 Å². The standard InChI is InChI=1S/C16H22ClN/c1-18(16-5-3-2-4-14(16)10-17)11-15-9-12-6-7-13(15)8-12/h2-5,12-13,15H,6-11H2,1H3. The van der Waals surface area contributed by atoms with Crippen LogP contribution in [0.25, 0.3) is 0 Å². The average molecular weight is 264 g/mol. The maximum atomic E-state index is 6.03. The Morgan fingerprint density at radius 3 is 2.72 bits per heavy atom. The summed E-state index contributed by atoms with van der Waals surface area (Å²) in [5.74, 6) is 3.56. The minimum Gasteiger partial charge on any atom is -0.374 e. The SMILES string of the molecule is CN(CC1CC2CCC1C2)c1ccccc1CCl. The highest BCUT2D eigenvalue weighted by Crippen LogP contribution is 2.48. The molecule has 0 radical (unpaired) electrons. The zero-order chi connectivity index (χ0) is 12.5. The Kier molecular flexibility index (Phi) is 3.52. The van der Waals surface area contributed by atoms with Gasteiger partial charge in [0.15, 0.2) is 0 Å². The Labute approximate surface area is 115 Å². The Bertz CT molecular complexity index is 417. The molecule has 3 rings (SSSR count). The highest BCUT2D eigenvalue weighted by atomic mass is 35.5. The van der Waals surface area contributed by atoms with E-state index >= 15 is 0 Å². The van der Waals surface area contributed by atoms with Gasteiger partial charge in [0.2, 0.25) is 0 Å². The van der Waals surface area contributed by atoms with Gasteiger partial charge in [-0.1, -0.05) is 24.6 Å². The molecule has 2 bridgehead atoms. The maximum Gasteiger partial charge on any atom is 0.0494 e. The Balaban J connectivity index is 1.69. The fraction of sp³-hybridized carbons (Fsp3) is 0.625. The monoisotopic (exact) mass is 263 g/mol. The van der Waals surface area contributed by atoms with E-state index in [0.29, 0.717) is 5.88 Å². The van der Waals surface area contributed by atoms with E-state index in [4.69, 9.17) is 11.6 Å². The molecule has 1 aromatic rings. The van der Waals surface area contributed by atoms with Gasteiger partial charge in [0.05, 0.1) is 0 Å². The molecule has 0 spiro atoms. The van der Waals surface area contributed by atoms with Crippen molar-refractivity contribution in [3.05, 3.63) is 29.8 Å². The van der Waals surface area contributed by atoms with E-state index in [1.807, 2.05) is 0 Å². The summed E-state index contributed by atoms with van der Waals surface area (Å²) in [6.45, 7) is 1.20. The van der Waals surface area contributed by atoms with Crippen molar-refractivity contribution in [3.8, 4) is 0 Å². The molecule has 18 heavy (non-hydrogen) atoms. The predicted molar refractivity (Wildman–Crippen MR) is 78.2 cm³/mol. The van der Waals surface area contributed by atoms with Crippen molar-refractivity contribution >= 4 is 17.3 Å². The summed E-state index contributed by atoms with van der Waals surface area (Å²) >= 11 is 6.03. The van der Waals surface area contributed by atoms with E-state index in [2.05, 4.69) is 36.2 Å². The van der Waals surface area contributed by atoms with Crippen LogP contribution in [0.4, 0.5) is 5.69 Å². The Morgan fingerprint density at radius 2 is 2.06 bits per heavy atom. The minimum atomic E-state index is 0.608. The van der Waals surface area contributed by atoms with Gasteiger partial charge in [-0.2, -0.15) is 0 Å². The molecular formula is C16H22ClN. The summed E-state index contributed by atoms with van der Waals surface area (Å²) in [4.78, 5) is 2.42. The van der Waals surface area contributed by atoms with Gasteiger partial charge < -0.3 is 4.90 Å². The highest BCUT2D eigenvalue weighted by molar-refractivity contribution is 6.17. The van der Waals surface area contributed by atoms with E-state index < -0.39 is 0 Å². The van der Waals surface area contributed by atoms with Crippen LogP contribution in [0.1, 0.15) is 31.2 Å². The van der Waals surface area contributed by atoms with E-state index in [-0.39, 0.29) is 0 Å². The number of halogens is 1. The smallest absolute Gasteiger partial charge is 0.0494 e. The third-order valence-corrected chi connectivity index (χ3v) is 5.23. The molecule has 2 fully saturated rings. The van der Waals surface area contributed by atoms with Crippen molar-refractivity contribution in [2.75, 3.05) is 18.5 Å². The van der Waals surface area contributed by atoms with Crippen LogP contribution in [-0.4, -0.2) is 13.6 Å². The number of hydrogen-bond acceptors (Lipinski definition) is 1. The summed E-state index contributed by atoms with van der Waals surface area (Å²) in [6.07, 6.45) is 5.91. The maximum absolute atomic E-state index is 6.03. The summed E-state index contributed by atoms with van der Waals surface area (Å²) < 4.78 is 0. The summed E-state index contributed by atoms with van der Waals surface area (Å²) in [7, 11) is 2.22. The van der Waals surface area contributed by atoms with Crippen molar-refractivity contribution in [2.24, 2.45) is 17.8 Å². The molecule has 0 N–H and O–H groups in total. The van der Waals surface area contributed by atoms with Gasteiger partial charge in [-0.15, -0.1) is 11.6 Å². The van der Waals surface area contributed by atoms with Gasteiger partial charge in [-0.25, -0.2) is 0 Å². The molecule has 0 aromatic heterocycles. The molecule has 2 aliphatic carbocycles. The zero-order valence-corrected chi connectivity index (χ0v) is 11.9. The van der Waals surface area contributed by atoms with Gasteiger partial charge in [-0.05, 0) is 48.6 Å². The first kappa shape index (κ1) is 12.3. The molecule has 2 heteroatoms. The first-order valence-electron chi connectivity index (χ1n) is 7.13. The highest BCUT2D eigenvalue weighted by Gasteiger charge is 2.39. The van der Waals surface area contributed by atoms with Crippen molar-refractivity contribution in [1.82, 2.24) is 0 Å². The van der Waals surface area contributed by atoms with E-state index in [9.17, 15) is 0 Å². The average Bonchev–Trinajstić information content (AvgIpc) is 3.01. The van der Waals surface area contributed by atoms with Gasteiger partial charge in [0.25, 0.3) is 0 Å². The largest absolute Gasteiger partial charge is 0.374 e. The fourth-order valence-electron chi connectivity index (χ4n) is 4.05. The van der Waals surface area contributed by atoms with Crippen LogP contribution in [0.15, 0.2) is 24.3 Å². The first-order chi connectivity index (χ1) is 8.78. The topological polar surface area (TPSA) is 3.24 Å². The molecule has 0 amide bonds. The lowest BCUT2D eigenvalue weighted by molar-refractivity contribution is 0.337. The summed E-state index contributed by atoms with van der Waals surface area (Å²) in [5, 5.41) is 0. The minimum absolute atomic E-state index is 0.608. The van der Waals surface area contributed by atoms with Gasteiger partial charge in [0, 0.05) is 25.2 Å². The number of para-hydroxylation sites is 1. The van der Waals surface area contributed by atoms with E-state index in [1.165, 1.54) is 43.5 Å². The van der Waals surface area contributed by atoms with Gasteiger partial charge in [0.1, 0.15) is 0 Å². The third kappa shape index (κ3) is 2.25. The van der Waals surface area contributed by atoms with Crippen LogP contribution in [0.5, 0.6) is 0 Å². The molecular weight excluding hydrogens is 242 g/mol. The molecule has 98 valence electrons. The second-order valence-corrected chi connectivity index (χ2v) is 6.35. The quantitative estimate of drug-likeness (QED) is 0.732. The lowest BCUT2D eigenvalue weighted by atomic mass is 9.88. The lowest BCUT2D eigenvalue weighted by Crippen LogP contribution is -2.29. The predicted octanol–water partition coefficient (Wildman–Crippen LogP) is 4.30. The third-order valence-electron chi connectivity index (χ3n) is 4.94. The van der Waals surface area contributed by atoms with Crippen LogP contribution < -0.4 is 4.90 Å². The molecule has 3 unspecified atom stereocenters. The van der Waals surface area contributed by atoms with Crippen LogP contribution in [-0.2, 0) is 5.88 Å². The molecule has 2 aliphatic rings. The van der Waals surface area contributed by atoms with Crippen molar-refractivity contribution in [3.63, 3.8) is 0 Å². The molecule has 0 heterocycles. The number of fused-ring (bicyclic) bond motifs is 2. The molecule has 2 saturated carbocycles. The van der Waals surface area contributed by atoms with Crippen LogP contribution in [0.3, 0.4) is 0 Å². The summed E-state index contributed by atoms with van der Waals surface area (Å²) in [5.41, 5.74) is 2.57. The van der Waals surface area contributed by atoms with E-state index in [1.54, 1.807) is 0 Å². The normalized spacial score (nSPS) is 29.8. The van der Waals surface area contributed by atoms with Gasteiger partial charge in [-0.3, -0.25) is 0 Å². The van der Waals surface area contributed by atoms with Crippen molar-refractivity contribution in [2.45, 2.75) is 31.6 Å². The van der Waals surface area contributed by atoms with Crippen molar-refractivity contribution in [1.29, 1.82) is 0 Å². The number of benzene rings is 1. The number of nitrogens with zero attached hydrogens (tertiary/aromatic N) is 1. The number of hydrogen-bond donors (Lipinski definition) is 0. The van der Waals surface area contributed by atoms with Gasteiger partial charge >= 0.3 is 0 Å². The molecule has 0 saturated heterocycles. The fourth-order valence-corrected chi connectivity index (χ4v) is 4.27. The lowest BCUT2D eigenvalue weighted by Gasteiger charge is -2.29. The molecule has 0 aliphatic heterocycles. The summed E-state index contributed by atoms with van der Waals surface area (Å²) in [6, 6.07) is 8.53. The van der Waals surface area contributed by atoms with Crippen molar-refractivity contribution < 1.29 is 0 Å². The second-order valence-electron chi connectivity index (χ2n) is 6.08. The van der Waals surface area contributed by atoms with Crippen LogP contribution in [0, 0.1) is 17.8 Å². The Hall–Kier alpha value is -0.690.